The summed E-state index contributed by atoms with van der Waals surface area (Å²) in [5, 5.41) is 0. The molecule has 19 heavy (non-hydrogen) atoms. The Morgan fingerprint density at radius 3 is 2.84 bits per heavy atom. The van der Waals surface area contributed by atoms with Crippen LogP contribution in [0.2, 0.25) is 0 Å². The minimum absolute atomic E-state index is 0.238. The van der Waals surface area contributed by atoms with Crippen LogP contribution in [-0.4, -0.2) is 29.6 Å². The molecular formula is C13H18F2N2OS. The zero-order valence-corrected chi connectivity index (χ0v) is 11.6. The predicted octanol–water partition coefficient (Wildman–Crippen LogP) is 3.23. The topological polar surface area (TPSA) is 37.9 Å². The summed E-state index contributed by atoms with van der Waals surface area (Å²) in [6.07, 6.45) is 3.57. The number of ether oxygens (including phenoxy) is 1. The summed E-state index contributed by atoms with van der Waals surface area (Å²) in [4.78, 5) is 7.63. The number of alkyl halides is 2. The summed E-state index contributed by atoms with van der Waals surface area (Å²) < 4.78 is 29.4. The molecule has 1 aliphatic carbocycles. The molecule has 6 heteroatoms. The van der Waals surface area contributed by atoms with Gasteiger partial charge in [0.05, 0.1) is 6.61 Å². The van der Waals surface area contributed by atoms with Crippen LogP contribution in [0.15, 0.2) is 0 Å². The Hall–Kier alpha value is -0.880. The second kappa shape index (κ2) is 7.05. The Labute approximate surface area is 116 Å². The third-order valence-corrected chi connectivity index (χ3v) is 3.57. The van der Waals surface area contributed by atoms with Crippen molar-refractivity contribution >= 4 is 12.2 Å². The number of hydrogen-bond acceptors (Lipinski definition) is 3. The van der Waals surface area contributed by atoms with E-state index in [0.717, 1.165) is 37.1 Å². The average molecular weight is 288 g/mol. The van der Waals surface area contributed by atoms with Crippen molar-refractivity contribution in [3.8, 4) is 0 Å². The second-order valence-corrected chi connectivity index (χ2v) is 5.11. The van der Waals surface area contributed by atoms with E-state index in [9.17, 15) is 8.78 Å². The maximum Gasteiger partial charge on any atom is 0.261 e. The van der Waals surface area contributed by atoms with Crippen LogP contribution >= 0.6 is 12.2 Å². The van der Waals surface area contributed by atoms with Gasteiger partial charge in [0.15, 0.2) is 0 Å². The van der Waals surface area contributed by atoms with Crippen LogP contribution < -0.4 is 0 Å². The van der Waals surface area contributed by atoms with Crippen LogP contribution in [0, 0.1) is 4.64 Å². The van der Waals surface area contributed by atoms with E-state index in [2.05, 4.69) is 9.97 Å². The number of aryl methyl sites for hydroxylation is 1. The number of hydrogen-bond donors (Lipinski definition) is 1. The van der Waals surface area contributed by atoms with E-state index in [1.165, 1.54) is 12.1 Å². The molecule has 0 saturated heterocycles. The second-order valence-electron chi connectivity index (χ2n) is 4.72. The largest absolute Gasteiger partial charge is 0.375 e. The zero-order valence-electron chi connectivity index (χ0n) is 10.8. The average Bonchev–Trinajstić information content (AvgIpc) is 2.60. The number of nitrogens with one attached hydrogen (secondary N) is 1. The fourth-order valence-electron chi connectivity index (χ4n) is 2.31. The number of nitrogens with zero attached hydrogens (tertiary/aromatic N) is 1. The zero-order chi connectivity index (χ0) is 13.7. The first kappa shape index (κ1) is 14.5. The molecule has 0 spiro atoms. The number of halogens is 2. The van der Waals surface area contributed by atoms with Crippen molar-refractivity contribution in [3.63, 3.8) is 0 Å². The van der Waals surface area contributed by atoms with Gasteiger partial charge >= 0.3 is 0 Å². The molecule has 1 aliphatic rings. The molecule has 0 atom stereocenters. The van der Waals surface area contributed by atoms with Crippen molar-refractivity contribution < 1.29 is 13.5 Å². The molecule has 0 aliphatic heterocycles. The van der Waals surface area contributed by atoms with E-state index >= 15 is 0 Å². The van der Waals surface area contributed by atoms with Crippen molar-refractivity contribution in [2.45, 2.75) is 45.0 Å². The van der Waals surface area contributed by atoms with Gasteiger partial charge in [-0.3, -0.25) is 0 Å². The molecule has 0 unspecified atom stereocenters. The van der Waals surface area contributed by atoms with Gasteiger partial charge in [0.1, 0.15) is 17.1 Å². The van der Waals surface area contributed by atoms with Crippen LogP contribution in [0.25, 0.3) is 0 Å². The molecule has 0 saturated carbocycles. The lowest BCUT2D eigenvalue weighted by molar-refractivity contribution is 0.0182. The molecule has 0 bridgehead atoms. The fraction of sp³-hybridized carbons (Fsp3) is 0.692. The highest BCUT2D eigenvalue weighted by Crippen LogP contribution is 2.19. The smallest absolute Gasteiger partial charge is 0.261 e. The van der Waals surface area contributed by atoms with Gasteiger partial charge in [-0.2, -0.15) is 0 Å². The van der Waals surface area contributed by atoms with Crippen molar-refractivity contribution in [3.05, 3.63) is 21.7 Å². The Morgan fingerprint density at radius 1 is 1.26 bits per heavy atom. The predicted molar refractivity (Wildman–Crippen MR) is 71.2 cm³/mol. The Morgan fingerprint density at radius 2 is 2.05 bits per heavy atom. The van der Waals surface area contributed by atoms with Gasteiger partial charge in [0.25, 0.3) is 6.43 Å². The van der Waals surface area contributed by atoms with Gasteiger partial charge in [-0.1, -0.05) is 18.6 Å². The van der Waals surface area contributed by atoms with Crippen LogP contribution in [0.4, 0.5) is 8.78 Å². The van der Waals surface area contributed by atoms with Crippen molar-refractivity contribution in [1.82, 2.24) is 9.97 Å². The summed E-state index contributed by atoms with van der Waals surface area (Å²) in [7, 11) is 0. The number of H-pyrrole nitrogens is 1. The first-order valence-corrected chi connectivity index (χ1v) is 7.04. The van der Waals surface area contributed by atoms with E-state index in [1.807, 2.05) is 0 Å². The lowest BCUT2D eigenvalue weighted by atomic mass is 10.1. The Kier molecular flexibility index (Phi) is 5.39. The molecule has 1 aromatic heterocycles. The SMILES string of the molecule is FC(F)COCCc1nc(=S)c2c([nH]1)CCCCC2. The third-order valence-electron chi connectivity index (χ3n) is 3.23. The molecular weight excluding hydrogens is 270 g/mol. The van der Waals surface area contributed by atoms with Crippen LogP contribution in [0.1, 0.15) is 36.3 Å². The summed E-state index contributed by atoms with van der Waals surface area (Å²) in [5.74, 6) is 0.736. The minimum atomic E-state index is -2.42. The summed E-state index contributed by atoms with van der Waals surface area (Å²) >= 11 is 5.31. The maximum atomic E-state index is 11.9. The van der Waals surface area contributed by atoms with Gasteiger partial charge in [-0.05, 0) is 25.7 Å². The molecule has 0 amide bonds. The molecule has 0 fully saturated rings. The molecule has 1 heterocycles. The van der Waals surface area contributed by atoms with Crippen LogP contribution in [-0.2, 0) is 24.0 Å². The molecule has 106 valence electrons. The number of rotatable bonds is 5. The molecule has 1 aromatic rings. The summed E-state index contributed by atoms with van der Waals surface area (Å²) in [6, 6.07) is 0. The summed E-state index contributed by atoms with van der Waals surface area (Å²) in [6.45, 7) is -0.285. The molecule has 0 radical (unpaired) electrons. The van der Waals surface area contributed by atoms with Crippen molar-refractivity contribution in [2.75, 3.05) is 13.2 Å². The third kappa shape index (κ3) is 4.31. The van der Waals surface area contributed by atoms with Gasteiger partial charge in [0.2, 0.25) is 0 Å². The van der Waals surface area contributed by atoms with E-state index in [1.54, 1.807) is 0 Å². The fourth-order valence-corrected chi connectivity index (χ4v) is 2.64. The maximum absolute atomic E-state index is 11.9. The molecule has 1 N–H and O–H groups in total. The van der Waals surface area contributed by atoms with Crippen molar-refractivity contribution in [1.29, 1.82) is 0 Å². The minimum Gasteiger partial charge on any atom is -0.375 e. The highest BCUT2D eigenvalue weighted by atomic mass is 32.1. The van der Waals surface area contributed by atoms with Crippen LogP contribution in [0.3, 0.4) is 0 Å². The number of aromatic amines is 1. The molecule has 2 rings (SSSR count). The number of fused-ring (bicyclic) bond motifs is 1. The molecule has 3 nitrogen and oxygen atoms in total. The number of aromatic nitrogens is 2. The molecule has 0 aromatic carbocycles. The highest BCUT2D eigenvalue weighted by molar-refractivity contribution is 7.71. The van der Waals surface area contributed by atoms with Crippen LogP contribution in [0.5, 0.6) is 0 Å². The Balaban J connectivity index is 2.00. The standard InChI is InChI=1S/C13H18F2N2OS/c14-11(15)8-18-7-6-12-16-10-5-3-1-2-4-9(10)13(19)17-12/h11H,1-8H2,(H,16,17,19). The van der Waals surface area contributed by atoms with E-state index in [-0.39, 0.29) is 6.61 Å². The first-order valence-electron chi connectivity index (χ1n) is 6.63. The quantitative estimate of drug-likeness (QED) is 0.513. The highest BCUT2D eigenvalue weighted by Gasteiger charge is 2.12. The normalized spacial score (nSPS) is 15.3. The van der Waals surface area contributed by atoms with Gasteiger partial charge in [0, 0.05) is 17.7 Å². The lowest BCUT2D eigenvalue weighted by Crippen LogP contribution is -2.10. The Bertz CT molecular complexity index is 476. The van der Waals surface area contributed by atoms with E-state index < -0.39 is 13.0 Å². The summed E-state index contributed by atoms with van der Waals surface area (Å²) in [5.41, 5.74) is 2.33. The van der Waals surface area contributed by atoms with E-state index in [4.69, 9.17) is 17.0 Å². The van der Waals surface area contributed by atoms with E-state index in [0.29, 0.717) is 11.1 Å². The van der Waals surface area contributed by atoms with Gasteiger partial charge < -0.3 is 9.72 Å². The monoisotopic (exact) mass is 288 g/mol. The van der Waals surface area contributed by atoms with Gasteiger partial charge in [-0.15, -0.1) is 0 Å². The van der Waals surface area contributed by atoms with Gasteiger partial charge in [-0.25, -0.2) is 13.8 Å². The van der Waals surface area contributed by atoms with Crippen molar-refractivity contribution in [2.24, 2.45) is 0 Å². The first-order chi connectivity index (χ1) is 9.16. The lowest BCUT2D eigenvalue weighted by Gasteiger charge is -2.09.